The van der Waals surface area contributed by atoms with Gasteiger partial charge in [-0.3, -0.25) is 0 Å². The van der Waals surface area contributed by atoms with Gasteiger partial charge in [0.15, 0.2) is 0 Å². The van der Waals surface area contributed by atoms with Gasteiger partial charge in [-0.05, 0) is 48.0 Å². The lowest BCUT2D eigenvalue weighted by Gasteiger charge is -2.36. The van der Waals surface area contributed by atoms with E-state index in [2.05, 4.69) is 6.07 Å². The van der Waals surface area contributed by atoms with E-state index >= 15 is 0 Å². The number of para-hydroxylation sites is 1. The van der Waals surface area contributed by atoms with E-state index in [1.165, 1.54) is 12.1 Å². The number of ether oxygens (including phenoxy) is 3. The summed E-state index contributed by atoms with van der Waals surface area (Å²) < 4.78 is 33.7. The Morgan fingerprint density at radius 1 is 1.00 bits per heavy atom. The number of hydrogen-bond donors (Lipinski definition) is 0. The summed E-state index contributed by atoms with van der Waals surface area (Å²) in [5, 5.41) is 5.52. The summed E-state index contributed by atoms with van der Waals surface area (Å²) >= 11 is 6.10. The van der Waals surface area contributed by atoms with Gasteiger partial charge in [0.2, 0.25) is 0 Å². The highest BCUT2D eigenvalue weighted by atomic mass is 35.5. The molecule has 0 amide bonds. The van der Waals surface area contributed by atoms with Crippen molar-refractivity contribution >= 4 is 11.6 Å². The summed E-state index contributed by atoms with van der Waals surface area (Å²) in [6.45, 7) is 1.53. The zero-order valence-corrected chi connectivity index (χ0v) is 20.9. The minimum atomic E-state index is -0.555. The van der Waals surface area contributed by atoms with Gasteiger partial charge in [0.05, 0.1) is 29.3 Å². The quantitative estimate of drug-likeness (QED) is 0.270. The molecule has 0 saturated carbocycles. The maximum atomic E-state index is 14.5. The molecule has 1 fully saturated rings. The monoisotopic (exact) mass is 506 g/mol. The first-order valence-electron chi connectivity index (χ1n) is 12.0. The van der Waals surface area contributed by atoms with Gasteiger partial charge in [0.25, 0.3) is 0 Å². The van der Waals surface area contributed by atoms with Crippen molar-refractivity contribution < 1.29 is 18.6 Å². The standard InChI is InChI=1S/C29H28ClFN2O3/c1-34-29(12-15-35-16-13-29)22-17-24(31)19-27(18-22)36-14-11-25-20-28(21-7-9-23(30)10-8-21)33(32-25)26-5-3-2-4-6-26/h2-10,17-20H,11-16H2,1H3. The average Bonchev–Trinajstić information content (AvgIpc) is 3.34. The number of methoxy groups -OCH3 is 1. The molecule has 0 aliphatic carbocycles. The molecule has 0 unspecified atom stereocenters. The van der Waals surface area contributed by atoms with Crippen molar-refractivity contribution in [3.8, 4) is 22.7 Å². The van der Waals surface area contributed by atoms with Crippen LogP contribution in [0.3, 0.4) is 0 Å². The van der Waals surface area contributed by atoms with Crippen LogP contribution < -0.4 is 4.74 Å². The minimum Gasteiger partial charge on any atom is -0.493 e. The van der Waals surface area contributed by atoms with Crippen LogP contribution in [0.15, 0.2) is 78.9 Å². The van der Waals surface area contributed by atoms with Crippen molar-refractivity contribution in [3.05, 3.63) is 101 Å². The second kappa shape index (κ2) is 10.8. The molecular weight excluding hydrogens is 479 g/mol. The second-order valence-electron chi connectivity index (χ2n) is 8.86. The van der Waals surface area contributed by atoms with Gasteiger partial charge < -0.3 is 14.2 Å². The third-order valence-electron chi connectivity index (χ3n) is 6.62. The summed E-state index contributed by atoms with van der Waals surface area (Å²) in [5.74, 6) is 0.136. The van der Waals surface area contributed by atoms with Crippen LogP contribution >= 0.6 is 11.6 Å². The van der Waals surface area contributed by atoms with Crippen LogP contribution in [0.4, 0.5) is 4.39 Å². The fraction of sp³-hybridized carbons (Fsp3) is 0.276. The van der Waals surface area contributed by atoms with E-state index in [0.29, 0.717) is 49.9 Å². The lowest BCUT2D eigenvalue weighted by Crippen LogP contribution is -2.35. The number of halogens is 2. The molecule has 4 aromatic rings. The van der Waals surface area contributed by atoms with E-state index in [0.717, 1.165) is 28.2 Å². The lowest BCUT2D eigenvalue weighted by atomic mass is 9.86. The van der Waals surface area contributed by atoms with Crippen LogP contribution in [0, 0.1) is 5.82 Å². The van der Waals surface area contributed by atoms with E-state index in [9.17, 15) is 4.39 Å². The molecule has 1 aliphatic rings. The molecule has 1 saturated heterocycles. The van der Waals surface area contributed by atoms with Crippen LogP contribution in [-0.2, 0) is 21.5 Å². The maximum Gasteiger partial charge on any atom is 0.127 e. The Morgan fingerprint density at radius 3 is 2.47 bits per heavy atom. The lowest BCUT2D eigenvalue weighted by molar-refractivity contribution is -0.0950. The van der Waals surface area contributed by atoms with Crippen molar-refractivity contribution in [3.63, 3.8) is 0 Å². The van der Waals surface area contributed by atoms with Crippen LogP contribution in [-0.4, -0.2) is 36.7 Å². The van der Waals surface area contributed by atoms with Gasteiger partial charge in [-0.15, -0.1) is 0 Å². The number of nitrogens with zero attached hydrogens (tertiary/aromatic N) is 2. The normalized spacial score (nSPS) is 15.1. The average molecular weight is 507 g/mol. The highest BCUT2D eigenvalue weighted by Gasteiger charge is 2.35. The maximum absolute atomic E-state index is 14.5. The topological polar surface area (TPSA) is 45.5 Å². The summed E-state index contributed by atoms with van der Waals surface area (Å²) in [7, 11) is 1.66. The molecule has 36 heavy (non-hydrogen) atoms. The molecule has 7 heteroatoms. The summed E-state index contributed by atoms with van der Waals surface area (Å²) in [6.07, 6.45) is 1.92. The number of aromatic nitrogens is 2. The van der Waals surface area contributed by atoms with Gasteiger partial charge in [0, 0.05) is 56.2 Å². The van der Waals surface area contributed by atoms with E-state index in [-0.39, 0.29) is 5.82 Å². The Hall–Kier alpha value is -3.19. The SMILES string of the molecule is COC1(c2cc(F)cc(OCCc3cc(-c4ccc(Cl)cc4)n(-c4ccccc4)n3)c2)CCOCC1. The van der Waals surface area contributed by atoms with E-state index in [4.69, 9.17) is 30.9 Å². The Bertz CT molecular complexity index is 1300. The van der Waals surface area contributed by atoms with Crippen molar-refractivity contribution in [1.82, 2.24) is 9.78 Å². The van der Waals surface area contributed by atoms with Crippen molar-refractivity contribution in [2.75, 3.05) is 26.9 Å². The Labute approximate surface area is 215 Å². The van der Waals surface area contributed by atoms with Crippen LogP contribution in [0.5, 0.6) is 5.75 Å². The molecule has 0 atom stereocenters. The summed E-state index contributed by atoms with van der Waals surface area (Å²) in [5.41, 5.74) is 4.03. The van der Waals surface area contributed by atoms with Crippen molar-refractivity contribution in [2.45, 2.75) is 24.9 Å². The minimum absolute atomic E-state index is 0.344. The molecule has 3 aromatic carbocycles. The first kappa shape index (κ1) is 24.5. The fourth-order valence-corrected chi connectivity index (χ4v) is 4.76. The molecule has 5 rings (SSSR count). The summed E-state index contributed by atoms with van der Waals surface area (Å²) in [4.78, 5) is 0. The van der Waals surface area contributed by atoms with Gasteiger partial charge in [-0.25, -0.2) is 9.07 Å². The molecule has 1 aromatic heterocycles. The Balaban J connectivity index is 1.35. The molecule has 5 nitrogen and oxygen atoms in total. The largest absolute Gasteiger partial charge is 0.493 e. The fourth-order valence-electron chi connectivity index (χ4n) is 4.64. The number of rotatable bonds is 8. The number of hydrogen-bond acceptors (Lipinski definition) is 4. The van der Waals surface area contributed by atoms with E-state index < -0.39 is 5.60 Å². The van der Waals surface area contributed by atoms with Gasteiger partial charge in [-0.2, -0.15) is 5.10 Å². The smallest absolute Gasteiger partial charge is 0.127 e. The van der Waals surface area contributed by atoms with Gasteiger partial charge in [-0.1, -0.05) is 41.9 Å². The third-order valence-corrected chi connectivity index (χ3v) is 6.87. The molecular formula is C29H28ClFN2O3. The number of benzene rings is 3. The molecule has 0 radical (unpaired) electrons. The first-order valence-corrected chi connectivity index (χ1v) is 12.4. The highest BCUT2D eigenvalue weighted by molar-refractivity contribution is 6.30. The van der Waals surface area contributed by atoms with Crippen LogP contribution in [0.1, 0.15) is 24.1 Å². The van der Waals surface area contributed by atoms with Crippen molar-refractivity contribution in [1.29, 1.82) is 0 Å². The predicted octanol–water partition coefficient (Wildman–Crippen LogP) is 6.61. The van der Waals surface area contributed by atoms with Crippen LogP contribution in [0.2, 0.25) is 5.02 Å². The van der Waals surface area contributed by atoms with Crippen molar-refractivity contribution in [2.24, 2.45) is 0 Å². The third kappa shape index (κ3) is 5.31. The Morgan fingerprint density at radius 2 is 1.75 bits per heavy atom. The molecule has 0 spiro atoms. The molecule has 186 valence electrons. The first-order chi connectivity index (χ1) is 17.6. The van der Waals surface area contributed by atoms with E-state index in [1.54, 1.807) is 7.11 Å². The molecule has 0 N–H and O–H groups in total. The second-order valence-corrected chi connectivity index (χ2v) is 9.30. The zero-order valence-electron chi connectivity index (χ0n) is 20.1. The predicted molar refractivity (Wildman–Crippen MR) is 138 cm³/mol. The summed E-state index contributed by atoms with van der Waals surface area (Å²) in [6, 6.07) is 24.6. The Kier molecular flexibility index (Phi) is 7.37. The zero-order chi connectivity index (χ0) is 25.0. The van der Waals surface area contributed by atoms with Crippen LogP contribution in [0.25, 0.3) is 16.9 Å². The highest BCUT2D eigenvalue weighted by Crippen LogP contribution is 2.37. The molecule has 0 bridgehead atoms. The molecule has 2 heterocycles. The van der Waals surface area contributed by atoms with Gasteiger partial charge >= 0.3 is 0 Å². The molecule has 1 aliphatic heterocycles. The van der Waals surface area contributed by atoms with Gasteiger partial charge in [0.1, 0.15) is 11.6 Å². The van der Waals surface area contributed by atoms with E-state index in [1.807, 2.05) is 65.3 Å².